The summed E-state index contributed by atoms with van der Waals surface area (Å²) in [6.07, 6.45) is 0. The zero-order valence-corrected chi connectivity index (χ0v) is 10.9. The van der Waals surface area contributed by atoms with Crippen LogP contribution in [0, 0.1) is 10.1 Å². The predicted molar refractivity (Wildman–Crippen MR) is 76.1 cm³/mol. The first-order valence-corrected chi connectivity index (χ1v) is 5.76. The lowest BCUT2D eigenvalue weighted by molar-refractivity contribution is -0.385. The Kier molecular flexibility index (Phi) is 5.19. The molecular weight excluding hydrogens is 284 g/mol. The third-order valence-corrected chi connectivity index (χ3v) is 2.80. The summed E-state index contributed by atoms with van der Waals surface area (Å²) in [5.41, 5.74) is 0.159. The standard InChI is InChI=1S/C13H9ClN2O3.H2O/c14-10-6-2-3-7-11(10)15-13(17)9-5-1-4-8-12(9)16(18)19;/h1-8H,(H,15,17);1H2. The molecule has 0 aliphatic rings. The predicted octanol–water partition coefficient (Wildman–Crippen LogP) is 2.68. The second-order valence-electron chi connectivity index (χ2n) is 3.71. The number of nitro groups is 1. The average Bonchev–Trinajstić information content (AvgIpc) is 2.41. The zero-order chi connectivity index (χ0) is 13.8. The van der Waals surface area contributed by atoms with Crippen LogP contribution in [0.2, 0.25) is 5.02 Å². The zero-order valence-electron chi connectivity index (χ0n) is 10.2. The maximum atomic E-state index is 12.0. The number of benzene rings is 2. The Hall–Kier alpha value is -2.44. The Labute approximate surface area is 119 Å². The van der Waals surface area contributed by atoms with Gasteiger partial charge in [-0.05, 0) is 18.2 Å². The number of hydrogen-bond donors (Lipinski definition) is 1. The summed E-state index contributed by atoms with van der Waals surface area (Å²) in [6.45, 7) is 0. The Morgan fingerprint density at radius 1 is 1.10 bits per heavy atom. The first kappa shape index (κ1) is 15.6. The second kappa shape index (κ2) is 6.65. The number of nitrogens with one attached hydrogen (secondary N) is 1. The minimum absolute atomic E-state index is 0. The number of rotatable bonds is 3. The molecular formula is C13H11ClN2O4. The van der Waals surface area contributed by atoms with Crippen molar-refractivity contribution in [3.8, 4) is 0 Å². The van der Waals surface area contributed by atoms with Crippen molar-refractivity contribution in [3.63, 3.8) is 0 Å². The van der Waals surface area contributed by atoms with Gasteiger partial charge in [-0.3, -0.25) is 14.9 Å². The number of nitro benzene ring substituents is 1. The van der Waals surface area contributed by atoms with Gasteiger partial charge in [-0.25, -0.2) is 0 Å². The molecule has 2 aromatic carbocycles. The highest BCUT2D eigenvalue weighted by Gasteiger charge is 2.19. The van der Waals surface area contributed by atoms with Gasteiger partial charge in [0.25, 0.3) is 11.6 Å². The van der Waals surface area contributed by atoms with Gasteiger partial charge in [-0.1, -0.05) is 35.9 Å². The van der Waals surface area contributed by atoms with E-state index in [0.29, 0.717) is 10.7 Å². The average molecular weight is 295 g/mol. The van der Waals surface area contributed by atoms with Crippen LogP contribution in [0.4, 0.5) is 11.4 Å². The van der Waals surface area contributed by atoms with Gasteiger partial charge in [0.05, 0.1) is 15.6 Å². The lowest BCUT2D eigenvalue weighted by Crippen LogP contribution is -2.14. The van der Waals surface area contributed by atoms with Crippen LogP contribution in [0.3, 0.4) is 0 Å². The van der Waals surface area contributed by atoms with Crippen molar-refractivity contribution in [1.82, 2.24) is 0 Å². The molecule has 104 valence electrons. The van der Waals surface area contributed by atoms with Crippen LogP contribution in [-0.2, 0) is 0 Å². The Morgan fingerprint density at radius 2 is 1.70 bits per heavy atom. The highest BCUT2D eigenvalue weighted by molar-refractivity contribution is 6.33. The lowest BCUT2D eigenvalue weighted by Gasteiger charge is -2.07. The number of hydrogen-bond acceptors (Lipinski definition) is 3. The summed E-state index contributed by atoms with van der Waals surface area (Å²) in [6, 6.07) is 12.4. The third kappa shape index (κ3) is 3.31. The van der Waals surface area contributed by atoms with Crippen molar-refractivity contribution in [2.24, 2.45) is 0 Å². The summed E-state index contributed by atoms with van der Waals surface area (Å²) in [4.78, 5) is 22.3. The van der Waals surface area contributed by atoms with E-state index in [1.54, 1.807) is 30.3 Å². The molecule has 0 fully saturated rings. The number of carbonyl (C=O) groups is 1. The molecule has 6 nitrogen and oxygen atoms in total. The SMILES string of the molecule is O.O=C(Nc1ccccc1Cl)c1ccccc1[N+](=O)[O-]. The minimum Gasteiger partial charge on any atom is -0.412 e. The van der Waals surface area contributed by atoms with Crippen LogP contribution < -0.4 is 5.32 Å². The summed E-state index contributed by atoms with van der Waals surface area (Å²) >= 11 is 5.91. The molecule has 2 aromatic rings. The molecule has 0 heterocycles. The van der Waals surface area contributed by atoms with Gasteiger partial charge in [0, 0.05) is 6.07 Å². The van der Waals surface area contributed by atoms with Gasteiger partial charge < -0.3 is 10.8 Å². The highest BCUT2D eigenvalue weighted by Crippen LogP contribution is 2.23. The van der Waals surface area contributed by atoms with E-state index in [-0.39, 0.29) is 16.7 Å². The van der Waals surface area contributed by atoms with E-state index in [0.717, 1.165) is 0 Å². The molecule has 0 saturated carbocycles. The summed E-state index contributed by atoms with van der Waals surface area (Å²) < 4.78 is 0. The Bertz CT molecular complexity index is 646. The smallest absolute Gasteiger partial charge is 0.282 e. The van der Waals surface area contributed by atoms with E-state index >= 15 is 0 Å². The van der Waals surface area contributed by atoms with Crippen molar-refractivity contribution in [2.75, 3.05) is 5.32 Å². The maximum Gasteiger partial charge on any atom is 0.282 e. The van der Waals surface area contributed by atoms with Crippen molar-refractivity contribution in [2.45, 2.75) is 0 Å². The summed E-state index contributed by atoms with van der Waals surface area (Å²) in [7, 11) is 0. The lowest BCUT2D eigenvalue weighted by atomic mass is 10.1. The van der Waals surface area contributed by atoms with E-state index in [2.05, 4.69) is 5.32 Å². The van der Waals surface area contributed by atoms with Crippen molar-refractivity contribution >= 4 is 28.9 Å². The molecule has 1 amide bonds. The Morgan fingerprint density at radius 3 is 2.35 bits per heavy atom. The van der Waals surface area contributed by atoms with Gasteiger partial charge in [-0.15, -0.1) is 0 Å². The molecule has 0 spiro atoms. The van der Waals surface area contributed by atoms with Crippen LogP contribution in [-0.4, -0.2) is 16.3 Å². The van der Waals surface area contributed by atoms with Crippen LogP contribution in [0.15, 0.2) is 48.5 Å². The molecule has 0 radical (unpaired) electrons. The van der Waals surface area contributed by atoms with Crippen LogP contribution >= 0.6 is 11.6 Å². The van der Waals surface area contributed by atoms with Crippen molar-refractivity contribution in [3.05, 3.63) is 69.2 Å². The summed E-state index contributed by atoms with van der Waals surface area (Å²) in [5, 5.41) is 13.8. The number of anilines is 1. The molecule has 0 aromatic heterocycles. The van der Waals surface area contributed by atoms with E-state index < -0.39 is 10.8 Å². The van der Waals surface area contributed by atoms with Crippen molar-refractivity contribution in [1.29, 1.82) is 0 Å². The van der Waals surface area contributed by atoms with Crippen LogP contribution in [0.1, 0.15) is 10.4 Å². The minimum atomic E-state index is -0.596. The molecule has 2 rings (SSSR count). The molecule has 20 heavy (non-hydrogen) atoms. The quantitative estimate of drug-likeness (QED) is 0.695. The van der Waals surface area contributed by atoms with E-state index in [1.807, 2.05) is 0 Å². The number of amides is 1. The number of nitrogens with zero attached hydrogens (tertiary/aromatic N) is 1. The molecule has 0 atom stereocenters. The van der Waals surface area contributed by atoms with Gasteiger partial charge in [0.15, 0.2) is 0 Å². The molecule has 3 N–H and O–H groups in total. The molecule has 0 bridgehead atoms. The normalized spacial score (nSPS) is 9.45. The van der Waals surface area contributed by atoms with Gasteiger partial charge in [-0.2, -0.15) is 0 Å². The molecule has 0 unspecified atom stereocenters. The highest BCUT2D eigenvalue weighted by atomic mass is 35.5. The van der Waals surface area contributed by atoms with Gasteiger partial charge in [0.2, 0.25) is 0 Å². The molecule has 0 aliphatic heterocycles. The fourth-order valence-corrected chi connectivity index (χ4v) is 1.76. The van der Waals surface area contributed by atoms with Gasteiger partial charge >= 0.3 is 0 Å². The van der Waals surface area contributed by atoms with Crippen LogP contribution in [0.25, 0.3) is 0 Å². The third-order valence-electron chi connectivity index (χ3n) is 2.47. The van der Waals surface area contributed by atoms with E-state index in [1.165, 1.54) is 18.2 Å². The number of halogens is 1. The number of carbonyl (C=O) groups excluding carboxylic acids is 1. The van der Waals surface area contributed by atoms with E-state index in [4.69, 9.17) is 11.6 Å². The summed E-state index contributed by atoms with van der Waals surface area (Å²) in [5.74, 6) is -0.569. The Balaban J connectivity index is 0.00000200. The topological polar surface area (TPSA) is 104 Å². The first-order valence-electron chi connectivity index (χ1n) is 5.39. The second-order valence-corrected chi connectivity index (χ2v) is 4.12. The van der Waals surface area contributed by atoms with E-state index in [9.17, 15) is 14.9 Å². The maximum absolute atomic E-state index is 12.0. The molecule has 0 aliphatic carbocycles. The first-order chi connectivity index (χ1) is 9.09. The van der Waals surface area contributed by atoms with Gasteiger partial charge in [0.1, 0.15) is 5.56 Å². The number of para-hydroxylation sites is 2. The molecule has 7 heteroatoms. The fraction of sp³-hybridized carbons (Fsp3) is 0. The van der Waals surface area contributed by atoms with Crippen molar-refractivity contribution < 1.29 is 15.2 Å². The molecule has 0 saturated heterocycles. The fourth-order valence-electron chi connectivity index (χ4n) is 1.58. The monoisotopic (exact) mass is 294 g/mol. The largest absolute Gasteiger partial charge is 0.412 e. The van der Waals surface area contributed by atoms with Crippen LogP contribution in [0.5, 0.6) is 0 Å².